The Morgan fingerprint density at radius 3 is 2.37 bits per heavy atom. The van der Waals surface area contributed by atoms with Crippen molar-refractivity contribution in [3.05, 3.63) is 64.8 Å². The van der Waals surface area contributed by atoms with Gasteiger partial charge in [-0.25, -0.2) is 4.98 Å². The molecule has 0 spiro atoms. The molecule has 156 valence electrons. The highest BCUT2D eigenvalue weighted by molar-refractivity contribution is 6.32. The third-order valence-electron chi connectivity index (χ3n) is 5.47. The van der Waals surface area contributed by atoms with E-state index in [2.05, 4.69) is 62.6 Å². The van der Waals surface area contributed by atoms with Gasteiger partial charge in [0, 0.05) is 43.2 Å². The highest BCUT2D eigenvalue weighted by Crippen LogP contribution is 2.28. The molecular weight excluding hydrogens is 396 g/mol. The summed E-state index contributed by atoms with van der Waals surface area (Å²) in [7, 11) is 2.17. The van der Waals surface area contributed by atoms with Crippen LogP contribution in [0.25, 0.3) is 0 Å². The number of hydrogen-bond acceptors (Lipinski definition) is 6. The SMILES string of the molecule is Cc1cc(N2CCN(C)CC2)ccc1Nc1ncc(Cl)c(Nc2ccccc2C)n1. The number of anilines is 5. The van der Waals surface area contributed by atoms with Crippen molar-refractivity contribution in [2.24, 2.45) is 0 Å². The fraction of sp³-hybridized carbons (Fsp3) is 0.304. The molecule has 6 nitrogen and oxygen atoms in total. The average molecular weight is 423 g/mol. The summed E-state index contributed by atoms with van der Waals surface area (Å²) in [5.41, 5.74) is 5.48. The minimum Gasteiger partial charge on any atom is -0.369 e. The second-order valence-corrected chi connectivity index (χ2v) is 8.15. The molecule has 0 radical (unpaired) electrons. The molecular formula is C23H27ClN6. The zero-order valence-corrected chi connectivity index (χ0v) is 18.4. The summed E-state index contributed by atoms with van der Waals surface area (Å²) >= 11 is 6.33. The van der Waals surface area contributed by atoms with Crippen LogP contribution < -0.4 is 15.5 Å². The van der Waals surface area contributed by atoms with E-state index in [1.165, 1.54) is 5.69 Å². The number of piperazine rings is 1. The normalized spacial score (nSPS) is 14.6. The van der Waals surface area contributed by atoms with Crippen LogP contribution in [-0.2, 0) is 0 Å². The molecule has 3 aromatic rings. The fourth-order valence-corrected chi connectivity index (χ4v) is 3.66. The molecule has 0 atom stereocenters. The van der Waals surface area contributed by atoms with Gasteiger partial charge in [-0.1, -0.05) is 29.8 Å². The summed E-state index contributed by atoms with van der Waals surface area (Å²) in [6.07, 6.45) is 1.62. The standard InChI is InChI=1S/C23H27ClN6/c1-16-6-4-5-7-20(16)26-22-19(24)15-25-23(28-22)27-21-9-8-18(14-17(21)2)30-12-10-29(3)11-13-30/h4-9,14-15H,10-13H2,1-3H3,(H2,25,26,27,28). The minimum absolute atomic E-state index is 0.478. The monoisotopic (exact) mass is 422 g/mol. The topological polar surface area (TPSA) is 56.3 Å². The van der Waals surface area contributed by atoms with Gasteiger partial charge in [0.05, 0.1) is 6.20 Å². The molecule has 0 saturated carbocycles. The lowest BCUT2D eigenvalue weighted by Gasteiger charge is -2.34. The van der Waals surface area contributed by atoms with Crippen LogP contribution in [0.4, 0.5) is 28.8 Å². The summed E-state index contributed by atoms with van der Waals surface area (Å²) in [6.45, 7) is 8.43. The van der Waals surface area contributed by atoms with Crippen molar-refractivity contribution in [2.45, 2.75) is 13.8 Å². The molecule has 2 heterocycles. The average Bonchev–Trinajstić information content (AvgIpc) is 2.74. The number of rotatable bonds is 5. The first-order chi connectivity index (χ1) is 14.5. The lowest BCUT2D eigenvalue weighted by molar-refractivity contribution is 0.313. The third-order valence-corrected chi connectivity index (χ3v) is 5.74. The van der Waals surface area contributed by atoms with E-state index in [1.807, 2.05) is 31.2 Å². The molecule has 30 heavy (non-hydrogen) atoms. The maximum absolute atomic E-state index is 6.33. The largest absolute Gasteiger partial charge is 0.369 e. The number of halogens is 1. The molecule has 1 aliphatic heterocycles. The number of nitrogens with zero attached hydrogens (tertiary/aromatic N) is 4. The quantitative estimate of drug-likeness (QED) is 0.604. The highest BCUT2D eigenvalue weighted by atomic mass is 35.5. The first-order valence-corrected chi connectivity index (χ1v) is 10.5. The van der Waals surface area contributed by atoms with Crippen LogP contribution >= 0.6 is 11.6 Å². The summed E-state index contributed by atoms with van der Waals surface area (Å²) in [4.78, 5) is 13.7. The van der Waals surface area contributed by atoms with E-state index in [0.717, 1.165) is 48.7 Å². The van der Waals surface area contributed by atoms with Crippen molar-refractivity contribution in [2.75, 3.05) is 48.8 Å². The van der Waals surface area contributed by atoms with Crippen LogP contribution in [0.2, 0.25) is 5.02 Å². The number of nitrogens with one attached hydrogen (secondary N) is 2. The van der Waals surface area contributed by atoms with Crippen LogP contribution in [0.3, 0.4) is 0 Å². The van der Waals surface area contributed by atoms with Gasteiger partial charge in [0.15, 0.2) is 5.82 Å². The maximum Gasteiger partial charge on any atom is 0.229 e. The Morgan fingerprint density at radius 1 is 0.900 bits per heavy atom. The van der Waals surface area contributed by atoms with Crippen molar-refractivity contribution in [3.8, 4) is 0 Å². The molecule has 7 heteroatoms. The van der Waals surface area contributed by atoms with Gasteiger partial charge in [-0.2, -0.15) is 4.98 Å². The Bertz CT molecular complexity index is 1030. The van der Waals surface area contributed by atoms with Gasteiger partial charge in [0.2, 0.25) is 5.95 Å². The predicted molar refractivity (Wildman–Crippen MR) is 126 cm³/mol. The van der Waals surface area contributed by atoms with E-state index in [9.17, 15) is 0 Å². The summed E-state index contributed by atoms with van der Waals surface area (Å²) in [5, 5.41) is 7.11. The van der Waals surface area contributed by atoms with Crippen LogP contribution in [0, 0.1) is 13.8 Å². The van der Waals surface area contributed by atoms with Crippen molar-refractivity contribution in [1.29, 1.82) is 0 Å². The van der Waals surface area contributed by atoms with Crippen molar-refractivity contribution in [3.63, 3.8) is 0 Å². The summed E-state index contributed by atoms with van der Waals surface area (Å²) < 4.78 is 0. The molecule has 1 aromatic heterocycles. The highest BCUT2D eigenvalue weighted by Gasteiger charge is 2.15. The lowest BCUT2D eigenvalue weighted by Crippen LogP contribution is -2.44. The van der Waals surface area contributed by atoms with E-state index in [-0.39, 0.29) is 0 Å². The number of para-hydroxylation sites is 1. The van der Waals surface area contributed by atoms with Crippen LogP contribution in [0.15, 0.2) is 48.7 Å². The molecule has 0 aliphatic carbocycles. The van der Waals surface area contributed by atoms with Crippen LogP contribution in [0.5, 0.6) is 0 Å². The van der Waals surface area contributed by atoms with Gasteiger partial charge in [-0.15, -0.1) is 0 Å². The molecule has 0 bridgehead atoms. The first kappa shape index (κ1) is 20.4. The molecule has 4 rings (SSSR count). The number of aryl methyl sites for hydroxylation is 2. The summed E-state index contributed by atoms with van der Waals surface area (Å²) in [5.74, 6) is 1.08. The van der Waals surface area contributed by atoms with Crippen LogP contribution in [-0.4, -0.2) is 48.1 Å². The van der Waals surface area contributed by atoms with E-state index in [0.29, 0.717) is 16.8 Å². The predicted octanol–water partition coefficient (Wildman–Crippen LogP) is 4.99. The molecule has 2 N–H and O–H groups in total. The van der Waals surface area contributed by atoms with Crippen LogP contribution in [0.1, 0.15) is 11.1 Å². The number of aromatic nitrogens is 2. The van der Waals surface area contributed by atoms with Gasteiger partial charge in [-0.3, -0.25) is 0 Å². The Hall–Kier alpha value is -2.83. The Morgan fingerprint density at radius 2 is 1.63 bits per heavy atom. The Labute approximate surface area is 182 Å². The molecule has 2 aromatic carbocycles. The lowest BCUT2D eigenvalue weighted by atomic mass is 10.1. The smallest absolute Gasteiger partial charge is 0.229 e. The number of hydrogen-bond donors (Lipinski definition) is 2. The molecule has 1 aliphatic rings. The molecule has 0 unspecified atom stereocenters. The minimum atomic E-state index is 0.478. The van der Waals surface area contributed by atoms with E-state index >= 15 is 0 Å². The van der Waals surface area contributed by atoms with Crippen molar-refractivity contribution < 1.29 is 0 Å². The second-order valence-electron chi connectivity index (χ2n) is 7.74. The molecule has 0 amide bonds. The molecule has 1 saturated heterocycles. The zero-order valence-electron chi connectivity index (χ0n) is 17.6. The second kappa shape index (κ2) is 8.90. The molecule has 1 fully saturated rings. The van der Waals surface area contributed by atoms with Crippen molar-refractivity contribution >= 4 is 40.4 Å². The van der Waals surface area contributed by atoms with Gasteiger partial charge in [0.1, 0.15) is 5.02 Å². The van der Waals surface area contributed by atoms with Gasteiger partial charge in [0.25, 0.3) is 0 Å². The van der Waals surface area contributed by atoms with Gasteiger partial charge < -0.3 is 20.4 Å². The number of benzene rings is 2. The van der Waals surface area contributed by atoms with Gasteiger partial charge >= 0.3 is 0 Å². The van der Waals surface area contributed by atoms with Crippen molar-refractivity contribution in [1.82, 2.24) is 14.9 Å². The Kier molecular flexibility index (Phi) is 6.06. The maximum atomic E-state index is 6.33. The third kappa shape index (κ3) is 4.66. The first-order valence-electron chi connectivity index (χ1n) is 10.2. The zero-order chi connectivity index (χ0) is 21.1. The number of likely N-dealkylation sites (N-methyl/N-ethyl adjacent to an activating group) is 1. The van der Waals surface area contributed by atoms with Gasteiger partial charge in [-0.05, 0) is 56.3 Å². The summed E-state index contributed by atoms with van der Waals surface area (Å²) in [6, 6.07) is 14.5. The van der Waals surface area contributed by atoms with E-state index in [1.54, 1.807) is 6.20 Å². The van der Waals surface area contributed by atoms with E-state index in [4.69, 9.17) is 11.6 Å². The fourth-order valence-electron chi connectivity index (χ4n) is 3.53. The van der Waals surface area contributed by atoms with E-state index < -0.39 is 0 Å². The Balaban J connectivity index is 1.51.